The normalized spacial score (nSPS) is 16.1. The molecular weight excluding hydrogens is 538 g/mol. The van der Waals surface area contributed by atoms with Crippen LogP contribution in [0.25, 0.3) is 0 Å². The van der Waals surface area contributed by atoms with Crippen LogP contribution >= 0.6 is 35.3 Å². The van der Waals surface area contributed by atoms with Crippen molar-refractivity contribution in [2.24, 2.45) is 10.9 Å². The van der Waals surface area contributed by atoms with Crippen LogP contribution in [-0.2, 0) is 19.3 Å². The second kappa shape index (κ2) is 12.0. The van der Waals surface area contributed by atoms with Crippen LogP contribution in [0.15, 0.2) is 34.6 Å². The van der Waals surface area contributed by atoms with Crippen molar-refractivity contribution in [2.45, 2.75) is 39.0 Å². The van der Waals surface area contributed by atoms with E-state index in [2.05, 4.69) is 30.9 Å². The van der Waals surface area contributed by atoms with E-state index in [-0.39, 0.29) is 24.0 Å². The summed E-state index contributed by atoms with van der Waals surface area (Å²) in [4.78, 5) is 11.2. The van der Waals surface area contributed by atoms with Gasteiger partial charge in [-0.2, -0.15) is 13.2 Å². The van der Waals surface area contributed by atoms with Crippen molar-refractivity contribution >= 4 is 41.3 Å². The first kappa shape index (κ1) is 25.9. The summed E-state index contributed by atoms with van der Waals surface area (Å²) in [6.07, 6.45) is -2.07. The summed E-state index contributed by atoms with van der Waals surface area (Å²) in [7, 11) is 1.69. The van der Waals surface area contributed by atoms with Crippen LogP contribution < -0.4 is 10.6 Å². The molecule has 1 fully saturated rings. The number of hydrogen-bond donors (Lipinski definition) is 2. The zero-order valence-electron chi connectivity index (χ0n) is 17.7. The van der Waals surface area contributed by atoms with Gasteiger partial charge in [0, 0.05) is 32.1 Å². The second-order valence-corrected chi connectivity index (χ2v) is 8.64. The quantitative estimate of drug-likeness (QED) is 0.303. The van der Waals surface area contributed by atoms with Gasteiger partial charge in [-0.3, -0.25) is 9.89 Å². The zero-order valence-corrected chi connectivity index (χ0v) is 20.9. The molecule has 0 atom stereocenters. The van der Waals surface area contributed by atoms with Gasteiger partial charge in [0.1, 0.15) is 0 Å². The van der Waals surface area contributed by atoms with Crippen molar-refractivity contribution in [2.75, 3.05) is 26.7 Å². The molecule has 0 aliphatic carbocycles. The summed E-state index contributed by atoms with van der Waals surface area (Å²) >= 11 is 1.69. The fraction of sp³-hybridized carbons (Fsp3) is 0.524. The highest BCUT2D eigenvalue weighted by atomic mass is 127. The Morgan fingerprint density at radius 3 is 2.42 bits per heavy atom. The standard InChI is InChI=1S/C21H28F3N5S.HI/c1-15-28-19(14-30-15)13-29-9-7-17(8-10-29)12-27-20(25-2)26-11-16-3-5-18(6-4-16)21(22,23)24;/h3-6,14,17H,7-13H2,1-2H3,(H2,25,26,27);1H. The molecule has 0 saturated carbocycles. The number of aliphatic imine (C=N–C) groups is 1. The minimum Gasteiger partial charge on any atom is -0.356 e. The lowest BCUT2D eigenvalue weighted by atomic mass is 9.97. The number of rotatable bonds is 6. The minimum absolute atomic E-state index is 0. The van der Waals surface area contributed by atoms with E-state index in [0.29, 0.717) is 18.4 Å². The number of thiazole rings is 1. The predicted octanol–water partition coefficient (Wildman–Crippen LogP) is 4.67. The van der Waals surface area contributed by atoms with E-state index >= 15 is 0 Å². The maximum Gasteiger partial charge on any atom is 0.416 e. The molecule has 0 unspecified atom stereocenters. The van der Waals surface area contributed by atoms with Crippen LogP contribution in [0.1, 0.15) is 34.7 Å². The van der Waals surface area contributed by atoms with Crippen LogP contribution in [0.2, 0.25) is 0 Å². The van der Waals surface area contributed by atoms with Gasteiger partial charge in [-0.1, -0.05) is 12.1 Å². The number of guanidine groups is 1. The van der Waals surface area contributed by atoms with Gasteiger partial charge in [0.05, 0.1) is 16.3 Å². The summed E-state index contributed by atoms with van der Waals surface area (Å²) in [6.45, 7) is 6.31. The van der Waals surface area contributed by atoms with Crippen LogP contribution in [-0.4, -0.2) is 42.5 Å². The third-order valence-corrected chi connectivity index (χ3v) is 6.10. The molecule has 0 bridgehead atoms. The first-order valence-electron chi connectivity index (χ1n) is 10.1. The summed E-state index contributed by atoms with van der Waals surface area (Å²) in [5.41, 5.74) is 1.29. The third-order valence-electron chi connectivity index (χ3n) is 5.28. The number of aryl methyl sites for hydroxylation is 1. The van der Waals surface area contributed by atoms with Gasteiger partial charge in [-0.05, 0) is 56.5 Å². The summed E-state index contributed by atoms with van der Waals surface area (Å²) in [5.74, 6) is 1.23. The van der Waals surface area contributed by atoms with Crippen molar-refractivity contribution in [3.05, 3.63) is 51.5 Å². The van der Waals surface area contributed by atoms with E-state index in [1.807, 2.05) is 6.92 Å². The van der Waals surface area contributed by atoms with Gasteiger partial charge < -0.3 is 10.6 Å². The van der Waals surface area contributed by atoms with E-state index in [0.717, 1.165) is 67.4 Å². The van der Waals surface area contributed by atoms with Crippen LogP contribution in [0, 0.1) is 12.8 Å². The largest absolute Gasteiger partial charge is 0.416 e. The number of nitrogens with one attached hydrogen (secondary N) is 2. The maximum atomic E-state index is 12.6. The topological polar surface area (TPSA) is 52.6 Å². The number of alkyl halides is 3. The van der Waals surface area contributed by atoms with Crippen molar-refractivity contribution < 1.29 is 13.2 Å². The monoisotopic (exact) mass is 567 g/mol. The third kappa shape index (κ3) is 8.23. The average molecular weight is 567 g/mol. The van der Waals surface area contributed by atoms with Crippen LogP contribution in [0.5, 0.6) is 0 Å². The molecule has 3 rings (SSSR count). The van der Waals surface area contributed by atoms with Crippen molar-refractivity contribution in [3.63, 3.8) is 0 Å². The molecule has 1 aromatic carbocycles. The first-order chi connectivity index (χ1) is 14.3. The van der Waals surface area contributed by atoms with Crippen molar-refractivity contribution in [1.29, 1.82) is 0 Å². The molecule has 1 saturated heterocycles. The molecule has 10 heteroatoms. The molecule has 0 amide bonds. The molecule has 0 spiro atoms. The van der Waals surface area contributed by atoms with Crippen LogP contribution in [0.3, 0.4) is 0 Å². The van der Waals surface area contributed by atoms with E-state index in [1.165, 1.54) is 12.1 Å². The van der Waals surface area contributed by atoms with Gasteiger partial charge in [0.25, 0.3) is 0 Å². The highest BCUT2D eigenvalue weighted by Gasteiger charge is 2.29. The fourth-order valence-corrected chi connectivity index (χ4v) is 4.12. The Kier molecular flexibility index (Phi) is 10.0. The summed E-state index contributed by atoms with van der Waals surface area (Å²) < 4.78 is 37.9. The molecule has 1 aliphatic rings. The first-order valence-corrected chi connectivity index (χ1v) is 11.0. The van der Waals surface area contributed by atoms with E-state index in [9.17, 15) is 13.2 Å². The number of likely N-dealkylation sites (tertiary alicyclic amines) is 1. The Morgan fingerprint density at radius 2 is 1.87 bits per heavy atom. The molecule has 0 radical (unpaired) electrons. The molecule has 5 nitrogen and oxygen atoms in total. The smallest absolute Gasteiger partial charge is 0.356 e. The van der Waals surface area contributed by atoms with Crippen molar-refractivity contribution in [3.8, 4) is 0 Å². The Labute approximate surface area is 202 Å². The Bertz CT molecular complexity index is 830. The number of aromatic nitrogens is 1. The maximum absolute atomic E-state index is 12.6. The molecular formula is C21H29F3IN5S. The number of halogens is 4. The predicted molar refractivity (Wildman–Crippen MR) is 130 cm³/mol. The lowest BCUT2D eigenvalue weighted by Crippen LogP contribution is -2.42. The van der Waals surface area contributed by atoms with E-state index < -0.39 is 11.7 Å². The molecule has 2 heterocycles. The highest BCUT2D eigenvalue weighted by molar-refractivity contribution is 14.0. The molecule has 31 heavy (non-hydrogen) atoms. The lowest BCUT2D eigenvalue weighted by molar-refractivity contribution is -0.137. The zero-order chi connectivity index (χ0) is 21.6. The van der Waals surface area contributed by atoms with Gasteiger partial charge in [0.15, 0.2) is 5.96 Å². The molecule has 172 valence electrons. The van der Waals surface area contributed by atoms with E-state index in [1.54, 1.807) is 18.4 Å². The van der Waals surface area contributed by atoms with Crippen LogP contribution in [0.4, 0.5) is 13.2 Å². The minimum atomic E-state index is -4.31. The van der Waals surface area contributed by atoms with Gasteiger partial charge in [-0.25, -0.2) is 4.98 Å². The van der Waals surface area contributed by atoms with Gasteiger partial charge >= 0.3 is 6.18 Å². The Hall–Kier alpha value is -1.40. The fourth-order valence-electron chi connectivity index (χ4n) is 3.52. The summed E-state index contributed by atoms with van der Waals surface area (Å²) in [5, 5.41) is 9.75. The molecule has 1 aromatic heterocycles. The number of piperidine rings is 1. The number of hydrogen-bond acceptors (Lipinski definition) is 4. The van der Waals surface area contributed by atoms with Crippen molar-refractivity contribution in [1.82, 2.24) is 20.5 Å². The average Bonchev–Trinajstić information content (AvgIpc) is 3.13. The lowest BCUT2D eigenvalue weighted by Gasteiger charge is -2.31. The van der Waals surface area contributed by atoms with Gasteiger partial charge in [0.2, 0.25) is 0 Å². The highest BCUT2D eigenvalue weighted by Crippen LogP contribution is 2.29. The molecule has 2 aromatic rings. The number of nitrogens with zero attached hydrogens (tertiary/aromatic N) is 3. The molecule has 1 aliphatic heterocycles. The van der Waals surface area contributed by atoms with Gasteiger partial charge in [-0.15, -0.1) is 35.3 Å². The van der Waals surface area contributed by atoms with E-state index in [4.69, 9.17) is 0 Å². The SMILES string of the molecule is CN=C(NCc1ccc(C(F)(F)F)cc1)NCC1CCN(Cc2csc(C)n2)CC1.I. The molecule has 2 N–H and O–H groups in total. The second-order valence-electron chi connectivity index (χ2n) is 7.58. The number of benzene rings is 1. The summed E-state index contributed by atoms with van der Waals surface area (Å²) in [6, 6.07) is 5.19. The Morgan fingerprint density at radius 1 is 1.19 bits per heavy atom. The Balaban J connectivity index is 0.00000341.